The Bertz CT molecular complexity index is 437. The number of hydrogen-bond donors (Lipinski definition) is 2. The van der Waals surface area contributed by atoms with Crippen LogP contribution in [-0.4, -0.2) is 28.4 Å². The van der Waals surface area contributed by atoms with E-state index in [1.54, 1.807) is 0 Å². The number of H-pyrrole nitrogens is 1. The molecular formula is C4H2Br3F3N2O3S. The molecule has 0 amide bonds. The zero-order valence-electron chi connectivity index (χ0n) is 6.89. The smallest absolute Gasteiger partial charge is 0.326 e. The Morgan fingerprint density at radius 1 is 1.25 bits per heavy atom. The lowest BCUT2D eigenvalue weighted by Gasteiger charge is -1.97. The van der Waals surface area contributed by atoms with Crippen LogP contribution in [0.25, 0.3) is 0 Å². The predicted molar refractivity (Wildman–Crippen MR) is 59.3 cm³/mol. The van der Waals surface area contributed by atoms with Crippen molar-refractivity contribution < 1.29 is 26.1 Å². The lowest BCUT2D eigenvalue weighted by atomic mass is 11.0. The summed E-state index contributed by atoms with van der Waals surface area (Å²) in [5.74, 6) is 0. The van der Waals surface area contributed by atoms with Gasteiger partial charge in [-0.15, -0.1) is 0 Å². The van der Waals surface area contributed by atoms with Crippen LogP contribution < -0.4 is 0 Å². The van der Waals surface area contributed by atoms with Gasteiger partial charge in [0.2, 0.25) is 0 Å². The number of rotatable bonds is 0. The van der Waals surface area contributed by atoms with Crippen molar-refractivity contribution in [1.29, 1.82) is 0 Å². The van der Waals surface area contributed by atoms with Gasteiger partial charge in [-0.25, -0.2) is 4.98 Å². The molecule has 0 atom stereocenters. The maximum absolute atomic E-state index is 10.7. The Hall–Kier alpha value is 0.350. The fourth-order valence-corrected chi connectivity index (χ4v) is 1.74. The largest absolute Gasteiger partial charge is 0.522 e. The molecule has 0 saturated heterocycles. The van der Waals surface area contributed by atoms with Crippen LogP contribution in [0, 0.1) is 0 Å². The normalized spacial score (nSPS) is 11.9. The third-order valence-corrected chi connectivity index (χ3v) is 3.52. The molecule has 0 unspecified atom stereocenters. The van der Waals surface area contributed by atoms with Crippen molar-refractivity contribution in [3.05, 3.63) is 13.9 Å². The molecule has 0 aliphatic carbocycles. The topological polar surface area (TPSA) is 83.0 Å². The molecule has 94 valence electrons. The second-order valence-corrected chi connectivity index (χ2v) is 5.76. The van der Waals surface area contributed by atoms with Gasteiger partial charge in [-0.2, -0.15) is 21.6 Å². The average molecular weight is 455 g/mol. The van der Waals surface area contributed by atoms with Crippen molar-refractivity contribution >= 4 is 57.9 Å². The van der Waals surface area contributed by atoms with Gasteiger partial charge in [0.15, 0.2) is 4.73 Å². The molecule has 1 heterocycles. The first-order valence-corrected chi connectivity index (χ1v) is 6.87. The van der Waals surface area contributed by atoms with Crippen LogP contribution in [0.5, 0.6) is 0 Å². The van der Waals surface area contributed by atoms with E-state index in [2.05, 4.69) is 57.8 Å². The third-order valence-electron chi connectivity index (χ3n) is 0.883. The molecule has 5 nitrogen and oxygen atoms in total. The SMILES string of the molecule is Brc1nc(Br)c(Br)[nH]1.O=S(=O)(O)C(F)(F)F. The first-order valence-electron chi connectivity index (χ1n) is 3.05. The van der Waals surface area contributed by atoms with Gasteiger partial charge in [-0.3, -0.25) is 4.55 Å². The van der Waals surface area contributed by atoms with Crippen molar-refractivity contribution in [3.8, 4) is 0 Å². The molecule has 1 aromatic heterocycles. The van der Waals surface area contributed by atoms with E-state index < -0.39 is 15.6 Å². The first-order chi connectivity index (χ1) is 6.95. The summed E-state index contributed by atoms with van der Waals surface area (Å²) in [5, 5.41) is 0. The first kappa shape index (κ1) is 16.4. The molecule has 0 bridgehead atoms. The van der Waals surface area contributed by atoms with Gasteiger partial charge in [0.1, 0.15) is 9.21 Å². The minimum absolute atomic E-state index is 0.719. The fourth-order valence-electron chi connectivity index (χ4n) is 0.305. The number of alkyl halides is 3. The number of imidazole rings is 1. The van der Waals surface area contributed by atoms with Crippen LogP contribution in [-0.2, 0) is 10.1 Å². The highest BCUT2D eigenvalue weighted by Crippen LogP contribution is 2.21. The number of halogens is 6. The molecule has 0 aliphatic rings. The van der Waals surface area contributed by atoms with Gasteiger partial charge < -0.3 is 4.98 Å². The van der Waals surface area contributed by atoms with Crippen LogP contribution in [0.4, 0.5) is 13.2 Å². The van der Waals surface area contributed by atoms with Gasteiger partial charge in [-0.05, 0) is 47.8 Å². The molecule has 1 aromatic rings. The zero-order valence-corrected chi connectivity index (χ0v) is 12.5. The average Bonchev–Trinajstić information content (AvgIpc) is 2.26. The summed E-state index contributed by atoms with van der Waals surface area (Å²) in [6.45, 7) is 0. The molecule has 0 radical (unpaired) electrons. The monoisotopic (exact) mass is 452 g/mol. The number of nitrogens with zero attached hydrogens (tertiary/aromatic N) is 1. The van der Waals surface area contributed by atoms with Crippen molar-refractivity contribution in [2.45, 2.75) is 5.51 Å². The Balaban J connectivity index is 0.000000281. The molecule has 0 spiro atoms. The van der Waals surface area contributed by atoms with Crippen molar-refractivity contribution in [1.82, 2.24) is 9.97 Å². The Morgan fingerprint density at radius 2 is 1.62 bits per heavy atom. The molecular weight excluding hydrogens is 453 g/mol. The third kappa shape index (κ3) is 5.61. The quantitative estimate of drug-likeness (QED) is 0.466. The van der Waals surface area contributed by atoms with E-state index in [0.717, 1.165) is 13.9 Å². The molecule has 0 aromatic carbocycles. The maximum Gasteiger partial charge on any atom is 0.522 e. The van der Waals surface area contributed by atoms with Crippen molar-refractivity contribution in [2.75, 3.05) is 0 Å². The number of nitrogens with one attached hydrogen (secondary N) is 1. The Morgan fingerprint density at radius 3 is 1.69 bits per heavy atom. The summed E-state index contributed by atoms with van der Waals surface area (Å²) < 4.78 is 59.9. The maximum atomic E-state index is 10.7. The van der Waals surface area contributed by atoms with Crippen LogP contribution >= 0.6 is 47.8 Å². The summed E-state index contributed by atoms with van der Waals surface area (Å²) in [6.07, 6.45) is 0. The van der Waals surface area contributed by atoms with E-state index in [9.17, 15) is 13.2 Å². The highest BCUT2D eigenvalue weighted by atomic mass is 79.9. The second kappa shape index (κ2) is 5.80. The number of aromatic nitrogens is 2. The van der Waals surface area contributed by atoms with E-state index in [4.69, 9.17) is 13.0 Å². The lowest BCUT2D eigenvalue weighted by molar-refractivity contribution is -0.0510. The van der Waals surface area contributed by atoms with Gasteiger partial charge in [-0.1, -0.05) is 0 Å². The summed E-state index contributed by atoms with van der Waals surface area (Å²) in [5.41, 5.74) is -5.53. The van der Waals surface area contributed by atoms with Gasteiger partial charge in [0.25, 0.3) is 0 Å². The van der Waals surface area contributed by atoms with Gasteiger partial charge in [0.05, 0.1) is 0 Å². The van der Waals surface area contributed by atoms with Crippen LogP contribution in [0.15, 0.2) is 13.9 Å². The zero-order chi connectivity index (χ0) is 13.1. The molecule has 0 saturated carbocycles. The van der Waals surface area contributed by atoms with Crippen molar-refractivity contribution in [3.63, 3.8) is 0 Å². The number of hydrogen-bond acceptors (Lipinski definition) is 3. The predicted octanol–water partition coefficient (Wildman–Crippen LogP) is 3.09. The molecule has 16 heavy (non-hydrogen) atoms. The summed E-state index contributed by atoms with van der Waals surface area (Å²) in [7, 11) is -5.84. The Kier molecular flexibility index (Phi) is 5.92. The van der Waals surface area contributed by atoms with E-state index >= 15 is 0 Å². The van der Waals surface area contributed by atoms with Gasteiger partial charge >= 0.3 is 15.6 Å². The highest BCUT2D eigenvalue weighted by molar-refractivity contribution is 9.13. The lowest BCUT2D eigenvalue weighted by Crippen LogP contribution is -2.21. The molecule has 12 heteroatoms. The van der Waals surface area contributed by atoms with E-state index in [0.29, 0.717) is 0 Å². The summed E-state index contributed by atoms with van der Waals surface area (Å²) in [4.78, 5) is 6.82. The van der Waals surface area contributed by atoms with E-state index in [1.807, 2.05) is 0 Å². The minimum atomic E-state index is -5.84. The van der Waals surface area contributed by atoms with Crippen LogP contribution in [0.2, 0.25) is 0 Å². The van der Waals surface area contributed by atoms with E-state index in [-0.39, 0.29) is 0 Å². The Labute approximate surface area is 113 Å². The van der Waals surface area contributed by atoms with Crippen LogP contribution in [0.3, 0.4) is 0 Å². The highest BCUT2D eigenvalue weighted by Gasteiger charge is 2.44. The molecule has 2 N–H and O–H groups in total. The summed E-state index contributed by atoms with van der Waals surface area (Å²) in [6, 6.07) is 0. The number of aromatic amines is 1. The molecule has 0 fully saturated rings. The fraction of sp³-hybridized carbons (Fsp3) is 0.250. The molecule has 1 rings (SSSR count). The standard InChI is InChI=1S/C3HBr3N2.CHF3O3S/c4-1-2(5)8-3(6)7-1;2-1(3,4)8(5,6)7/h(H,7,8);(H,5,6,7). The minimum Gasteiger partial charge on any atom is -0.326 e. The van der Waals surface area contributed by atoms with Gasteiger partial charge in [0, 0.05) is 0 Å². The summed E-state index contributed by atoms with van der Waals surface area (Å²) >= 11 is 9.57. The van der Waals surface area contributed by atoms with Crippen LogP contribution in [0.1, 0.15) is 0 Å². The second-order valence-electron chi connectivity index (χ2n) is 2.05. The van der Waals surface area contributed by atoms with E-state index in [1.165, 1.54) is 0 Å². The van der Waals surface area contributed by atoms with Crippen molar-refractivity contribution in [2.24, 2.45) is 0 Å². The molecule has 0 aliphatic heterocycles.